The van der Waals surface area contributed by atoms with Gasteiger partial charge < -0.3 is 4.74 Å². The molecule has 1 atom stereocenters. The fraction of sp³-hybridized carbons (Fsp3) is 0.409. The van der Waals surface area contributed by atoms with Gasteiger partial charge in [-0.15, -0.1) is 0 Å². The molecular weight excluding hydrogens is 421 g/mol. The third-order valence-corrected chi connectivity index (χ3v) is 7.65. The zero-order valence-corrected chi connectivity index (χ0v) is 18.5. The molecule has 0 unspecified atom stereocenters. The lowest BCUT2D eigenvalue weighted by Crippen LogP contribution is -2.13. The van der Waals surface area contributed by atoms with E-state index in [2.05, 4.69) is 0 Å². The molecule has 0 aliphatic carbocycles. The van der Waals surface area contributed by atoms with Crippen LogP contribution >= 0.6 is 0 Å². The second-order valence-corrected chi connectivity index (χ2v) is 10.2. The Morgan fingerprint density at radius 2 is 1.97 bits per heavy atom. The summed E-state index contributed by atoms with van der Waals surface area (Å²) in [5, 5.41) is 5.56. The maximum atomic E-state index is 13.5. The van der Waals surface area contributed by atoms with Crippen molar-refractivity contribution in [2.45, 2.75) is 39.2 Å². The molecule has 0 amide bonds. The Hall–Kier alpha value is -2.81. The maximum absolute atomic E-state index is 13.5. The summed E-state index contributed by atoms with van der Waals surface area (Å²) in [6.07, 6.45) is 1.18. The van der Waals surface area contributed by atoms with Gasteiger partial charge in [0, 0.05) is 17.7 Å². The molecule has 0 spiro atoms. The molecule has 7 nitrogen and oxygen atoms in total. The SMILES string of the molecule is COC(=O)CCc1c(C)nc2c(c(-c3ccc(F)cc3)nn2[C@@H]2CCS(=O)(=O)C2)c1C. The summed E-state index contributed by atoms with van der Waals surface area (Å²) >= 11 is 0. The number of methoxy groups -OCH3 is 1. The first-order chi connectivity index (χ1) is 14.7. The quantitative estimate of drug-likeness (QED) is 0.560. The van der Waals surface area contributed by atoms with Crippen molar-refractivity contribution in [3.63, 3.8) is 0 Å². The summed E-state index contributed by atoms with van der Waals surface area (Å²) in [6, 6.07) is 5.75. The number of rotatable bonds is 5. The summed E-state index contributed by atoms with van der Waals surface area (Å²) < 4.78 is 44.2. The molecule has 2 aromatic heterocycles. The van der Waals surface area contributed by atoms with E-state index in [0.717, 1.165) is 27.8 Å². The fourth-order valence-electron chi connectivity index (χ4n) is 4.26. The number of nitrogens with zero attached hydrogens (tertiary/aromatic N) is 3. The second kappa shape index (κ2) is 8.03. The number of hydrogen-bond acceptors (Lipinski definition) is 6. The number of pyridine rings is 1. The van der Waals surface area contributed by atoms with E-state index in [9.17, 15) is 17.6 Å². The standard InChI is InChI=1S/C22H24FN3O4S/c1-13-18(8-9-19(27)30-3)14(2)24-22-20(13)21(15-4-6-16(23)7-5-15)25-26(22)17-10-11-31(28,29)12-17/h4-7,17H,8-12H2,1-3H3/t17-/m1/s1. The van der Waals surface area contributed by atoms with Crippen molar-refractivity contribution < 1.29 is 22.3 Å². The Bertz CT molecular complexity index is 1270. The molecule has 4 rings (SSSR count). The first kappa shape index (κ1) is 21.4. The Morgan fingerprint density at radius 3 is 2.58 bits per heavy atom. The predicted molar refractivity (Wildman–Crippen MR) is 115 cm³/mol. The van der Waals surface area contributed by atoms with Crippen molar-refractivity contribution in [3.05, 3.63) is 46.9 Å². The van der Waals surface area contributed by atoms with E-state index in [0.29, 0.717) is 24.2 Å². The van der Waals surface area contributed by atoms with Crippen molar-refractivity contribution in [1.29, 1.82) is 0 Å². The van der Waals surface area contributed by atoms with Gasteiger partial charge >= 0.3 is 5.97 Å². The Labute approximate surface area is 180 Å². The minimum absolute atomic E-state index is 0.0243. The smallest absolute Gasteiger partial charge is 0.305 e. The lowest BCUT2D eigenvalue weighted by molar-refractivity contribution is -0.140. The maximum Gasteiger partial charge on any atom is 0.305 e. The number of esters is 1. The van der Waals surface area contributed by atoms with Crippen molar-refractivity contribution in [2.75, 3.05) is 18.6 Å². The average Bonchev–Trinajstić information content (AvgIpc) is 3.28. The van der Waals surface area contributed by atoms with E-state index >= 15 is 0 Å². The minimum atomic E-state index is -3.11. The van der Waals surface area contributed by atoms with E-state index in [-0.39, 0.29) is 35.8 Å². The van der Waals surface area contributed by atoms with Gasteiger partial charge in [0.05, 0.1) is 30.0 Å². The molecule has 0 N–H and O–H groups in total. The van der Waals surface area contributed by atoms with Crippen LogP contribution in [0.4, 0.5) is 4.39 Å². The number of aryl methyl sites for hydroxylation is 2. The molecule has 164 valence electrons. The summed E-state index contributed by atoms with van der Waals surface area (Å²) in [7, 11) is -1.76. The number of sulfone groups is 1. The van der Waals surface area contributed by atoms with Gasteiger partial charge in [0.1, 0.15) is 11.5 Å². The summed E-state index contributed by atoms with van der Waals surface area (Å²) in [6.45, 7) is 3.83. The third-order valence-electron chi connectivity index (χ3n) is 5.90. The average molecular weight is 446 g/mol. The molecule has 3 heterocycles. The first-order valence-corrected chi connectivity index (χ1v) is 11.9. The highest BCUT2D eigenvalue weighted by molar-refractivity contribution is 7.91. The van der Waals surface area contributed by atoms with E-state index in [1.807, 2.05) is 13.8 Å². The molecule has 1 fully saturated rings. The van der Waals surface area contributed by atoms with E-state index in [4.69, 9.17) is 14.8 Å². The Balaban J connectivity index is 1.91. The number of aromatic nitrogens is 3. The van der Waals surface area contributed by atoms with Gasteiger partial charge in [-0.05, 0) is 62.1 Å². The van der Waals surface area contributed by atoms with Crippen molar-refractivity contribution in [2.24, 2.45) is 0 Å². The molecular formula is C22H24FN3O4S. The fourth-order valence-corrected chi connectivity index (χ4v) is 5.95. The Kier molecular flexibility index (Phi) is 5.55. The molecule has 1 aliphatic rings. The molecule has 3 aromatic rings. The van der Waals surface area contributed by atoms with Gasteiger partial charge in [0.25, 0.3) is 0 Å². The lowest BCUT2D eigenvalue weighted by atomic mass is 9.97. The van der Waals surface area contributed by atoms with Crippen LogP contribution in [0.5, 0.6) is 0 Å². The van der Waals surface area contributed by atoms with Crippen molar-refractivity contribution in [3.8, 4) is 11.3 Å². The zero-order valence-electron chi connectivity index (χ0n) is 17.7. The Morgan fingerprint density at radius 1 is 1.26 bits per heavy atom. The van der Waals surface area contributed by atoms with E-state index in [1.165, 1.54) is 19.2 Å². The molecule has 31 heavy (non-hydrogen) atoms. The van der Waals surface area contributed by atoms with Crippen LogP contribution in [0.2, 0.25) is 0 Å². The predicted octanol–water partition coefficient (Wildman–Crippen LogP) is 3.32. The molecule has 1 aromatic carbocycles. The number of ether oxygens (including phenoxy) is 1. The molecule has 1 aliphatic heterocycles. The zero-order chi connectivity index (χ0) is 22.3. The van der Waals surface area contributed by atoms with Crippen molar-refractivity contribution in [1.82, 2.24) is 14.8 Å². The van der Waals surface area contributed by atoms with Crippen molar-refractivity contribution >= 4 is 26.8 Å². The van der Waals surface area contributed by atoms with Gasteiger partial charge in [-0.3, -0.25) is 4.79 Å². The molecule has 9 heteroatoms. The number of fused-ring (bicyclic) bond motifs is 1. The van der Waals surface area contributed by atoms with Gasteiger partial charge in [0.15, 0.2) is 15.5 Å². The van der Waals surface area contributed by atoms with Crippen LogP contribution in [-0.2, 0) is 25.8 Å². The van der Waals surface area contributed by atoms with Crippen LogP contribution in [0.15, 0.2) is 24.3 Å². The summed E-state index contributed by atoms with van der Waals surface area (Å²) in [5.41, 5.74) is 4.58. The highest BCUT2D eigenvalue weighted by Gasteiger charge is 2.32. The minimum Gasteiger partial charge on any atom is -0.469 e. The number of carbonyl (C=O) groups is 1. The molecule has 0 bridgehead atoms. The number of carbonyl (C=O) groups excluding carboxylic acids is 1. The largest absolute Gasteiger partial charge is 0.469 e. The van der Waals surface area contributed by atoms with Crippen LogP contribution in [-0.4, -0.2) is 47.8 Å². The third kappa shape index (κ3) is 4.06. The molecule has 0 radical (unpaired) electrons. The number of hydrogen-bond donors (Lipinski definition) is 0. The molecule has 1 saturated heterocycles. The van der Waals surface area contributed by atoms with Gasteiger partial charge in [0.2, 0.25) is 0 Å². The van der Waals surface area contributed by atoms with Crippen LogP contribution in [0.1, 0.15) is 35.7 Å². The topological polar surface area (TPSA) is 91.2 Å². The number of halogens is 1. The van der Waals surface area contributed by atoms with E-state index in [1.54, 1.807) is 16.8 Å². The van der Waals surface area contributed by atoms with Crippen LogP contribution in [0, 0.1) is 19.7 Å². The van der Waals surface area contributed by atoms with Gasteiger partial charge in [-0.1, -0.05) is 0 Å². The van der Waals surface area contributed by atoms with Crippen LogP contribution in [0.3, 0.4) is 0 Å². The van der Waals surface area contributed by atoms with Crippen LogP contribution < -0.4 is 0 Å². The van der Waals surface area contributed by atoms with Crippen LogP contribution in [0.25, 0.3) is 22.3 Å². The van der Waals surface area contributed by atoms with Gasteiger partial charge in [-0.25, -0.2) is 22.5 Å². The second-order valence-electron chi connectivity index (χ2n) is 7.93. The summed E-state index contributed by atoms with van der Waals surface area (Å²) in [4.78, 5) is 16.5. The monoisotopic (exact) mass is 445 g/mol. The van der Waals surface area contributed by atoms with E-state index < -0.39 is 9.84 Å². The summed E-state index contributed by atoms with van der Waals surface area (Å²) in [5.74, 6) is -0.500. The molecule has 0 saturated carbocycles. The normalized spacial score (nSPS) is 17.9. The lowest BCUT2D eigenvalue weighted by Gasteiger charge is -2.13. The highest BCUT2D eigenvalue weighted by atomic mass is 32.2. The van der Waals surface area contributed by atoms with Gasteiger partial charge in [-0.2, -0.15) is 5.10 Å². The highest BCUT2D eigenvalue weighted by Crippen LogP contribution is 2.36. The number of benzene rings is 1. The first-order valence-electron chi connectivity index (χ1n) is 10.1.